The van der Waals surface area contributed by atoms with Gasteiger partial charge in [-0.1, -0.05) is 12.1 Å². The molecule has 0 spiro atoms. The van der Waals surface area contributed by atoms with Crippen molar-refractivity contribution in [2.24, 2.45) is 0 Å². The molecular formula is C17H22N2O. The van der Waals surface area contributed by atoms with Gasteiger partial charge in [-0.2, -0.15) is 0 Å². The van der Waals surface area contributed by atoms with Crippen molar-refractivity contribution in [3.05, 3.63) is 54.1 Å². The lowest BCUT2D eigenvalue weighted by Crippen LogP contribution is -2.12. The second kappa shape index (κ2) is 6.44. The van der Waals surface area contributed by atoms with E-state index in [2.05, 4.69) is 67.3 Å². The predicted octanol–water partition coefficient (Wildman–Crippen LogP) is 3.52. The van der Waals surface area contributed by atoms with Gasteiger partial charge in [0.25, 0.3) is 0 Å². The number of ether oxygens (including phenoxy) is 1. The maximum atomic E-state index is 5.18. The lowest BCUT2D eigenvalue weighted by atomic mass is 10.2. The van der Waals surface area contributed by atoms with Crippen LogP contribution in [0.4, 0.5) is 11.4 Å². The minimum atomic E-state index is 0.878. The first-order valence-corrected chi connectivity index (χ1v) is 6.71. The van der Waals surface area contributed by atoms with E-state index in [1.807, 2.05) is 12.1 Å². The number of rotatable bonds is 5. The molecule has 3 heteroatoms. The zero-order chi connectivity index (χ0) is 14.5. The topological polar surface area (TPSA) is 15.7 Å². The van der Waals surface area contributed by atoms with Gasteiger partial charge in [0.2, 0.25) is 0 Å². The highest BCUT2D eigenvalue weighted by molar-refractivity contribution is 5.63. The second-order valence-corrected chi connectivity index (χ2v) is 5.16. The summed E-state index contributed by atoms with van der Waals surface area (Å²) in [6.45, 7) is 0.965. The number of benzene rings is 2. The molecule has 20 heavy (non-hydrogen) atoms. The summed E-state index contributed by atoms with van der Waals surface area (Å²) in [7, 11) is 7.92. The molecule has 0 heterocycles. The molecule has 3 nitrogen and oxygen atoms in total. The van der Waals surface area contributed by atoms with E-state index in [4.69, 9.17) is 4.74 Å². The van der Waals surface area contributed by atoms with E-state index in [9.17, 15) is 0 Å². The summed E-state index contributed by atoms with van der Waals surface area (Å²) in [5.74, 6) is 0.878. The molecule has 0 aliphatic carbocycles. The summed E-state index contributed by atoms with van der Waals surface area (Å²) >= 11 is 0. The quantitative estimate of drug-likeness (QED) is 0.826. The van der Waals surface area contributed by atoms with Crippen LogP contribution in [-0.4, -0.2) is 33.2 Å². The third-order valence-electron chi connectivity index (χ3n) is 3.28. The Bertz CT molecular complexity index is 532. The molecule has 0 unspecified atom stereocenters. The molecule has 0 saturated heterocycles. The zero-order valence-electron chi connectivity index (χ0n) is 12.6. The Morgan fingerprint density at radius 2 is 1.30 bits per heavy atom. The Kier molecular flexibility index (Phi) is 4.64. The number of methoxy groups -OCH3 is 1. The summed E-state index contributed by atoms with van der Waals surface area (Å²) < 4.78 is 5.18. The minimum absolute atomic E-state index is 0.878. The highest BCUT2D eigenvalue weighted by atomic mass is 16.5. The van der Waals surface area contributed by atoms with E-state index < -0.39 is 0 Å². The van der Waals surface area contributed by atoms with Crippen LogP contribution in [0.3, 0.4) is 0 Å². The summed E-state index contributed by atoms with van der Waals surface area (Å²) in [5, 5.41) is 0. The van der Waals surface area contributed by atoms with Gasteiger partial charge < -0.3 is 14.5 Å². The third-order valence-corrected chi connectivity index (χ3v) is 3.28. The average Bonchev–Trinajstić information content (AvgIpc) is 2.47. The lowest BCUT2D eigenvalue weighted by Gasteiger charge is -2.20. The molecule has 0 saturated carbocycles. The van der Waals surface area contributed by atoms with Gasteiger partial charge >= 0.3 is 0 Å². The Labute approximate surface area is 121 Å². The van der Waals surface area contributed by atoms with Gasteiger partial charge in [-0.15, -0.1) is 0 Å². The van der Waals surface area contributed by atoms with Crippen molar-refractivity contribution in [2.75, 3.05) is 33.2 Å². The molecule has 2 rings (SSSR count). The highest BCUT2D eigenvalue weighted by Gasteiger charge is 2.04. The summed E-state index contributed by atoms with van der Waals surface area (Å²) in [6, 6.07) is 16.7. The van der Waals surface area contributed by atoms with Crippen molar-refractivity contribution >= 4 is 11.4 Å². The first-order valence-electron chi connectivity index (χ1n) is 6.71. The maximum absolute atomic E-state index is 5.18. The second-order valence-electron chi connectivity index (χ2n) is 5.16. The molecule has 0 aliphatic rings. The molecule has 0 aromatic heterocycles. The van der Waals surface area contributed by atoms with E-state index in [0.717, 1.165) is 18.0 Å². The Balaban J connectivity index is 2.13. The number of nitrogens with zero attached hydrogens (tertiary/aromatic N) is 2. The van der Waals surface area contributed by atoms with Crippen molar-refractivity contribution < 1.29 is 4.74 Å². The molecule has 0 fully saturated rings. The summed E-state index contributed by atoms with van der Waals surface area (Å²) in [6.07, 6.45) is 0. The van der Waals surface area contributed by atoms with Crippen LogP contribution in [0.2, 0.25) is 0 Å². The number of hydrogen-bond donors (Lipinski definition) is 0. The fourth-order valence-electron chi connectivity index (χ4n) is 2.15. The Morgan fingerprint density at radius 3 is 1.75 bits per heavy atom. The monoisotopic (exact) mass is 270 g/mol. The molecular weight excluding hydrogens is 248 g/mol. The van der Waals surface area contributed by atoms with Crippen LogP contribution < -0.4 is 9.64 Å². The average molecular weight is 270 g/mol. The maximum Gasteiger partial charge on any atom is 0.119 e. The van der Waals surface area contributed by atoms with Crippen molar-refractivity contribution in [1.29, 1.82) is 0 Å². The van der Waals surface area contributed by atoms with Crippen LogP contribution in [0.1, 0.15) is 5.56 Å². The Hall–Kier alpha value is -2.00. The molecule has 106 valence electrons. The van der Waals surface area contributed by atoms with E-state index in [-0.39, 0.29) is 0 Å². The molecule has 0 radical (unpaired) electrons. The normalized spacial score (nSPS) is 10.7. The minimum Gasteiger partial charge on any atom is -0.497 e. The molecule has 2 aromatic carbocycles. The summed E-state index contributed by atoms with van der Waals surface area (Å²) in [4.78, 5) is 4.33. The molecule has 0 amide bonds. The van der Waals surface area contributed by atoms with Gasteiger partial charge in [0.1, 0.15) is 5.75 Å². The molecule has 2 aromatic rings. The van der Waals surface area contributed by atoms with Crippen LogP contribution >= 0.6 is 0 Å². The number of hydrogen-bond acceptors (Lipinski definition) is 3. The molecule has 0 N–H and O–H groups in total. The SMILES string of the molecule is COc1ccc(N(C)c2ccc(CN(C)C)cc2)cc1. The van der Waals surface area contributed by atoms with Crippen molar-refractivity contribution in [2.45, 2.75) is 6.54 Å². The third kappa shape index (κ3) is 3.52. The molecule has 0 bridgehead atoms. The van der Waals surface area contributed by atoms with Crippen LogP contribution in [0, 0.1) is 0 Å². The first kappa shape index (κ1) is 14.4. The van der Waals surface area contributed by atoms with Crippen LogP contribution in [-0.2, 0) is 6.54 Å². The van der Waals surface area contributed by atoms with Gasteiger partial charge in [-0.3, -0.25) is 0 Å². The first-order chi connectivity index (χ1) is 9.60. The highest BCUT2D eigenvalue weighted by Crippen LogP contribution is 2.25. The predicted molar refractivity (Wildman–Crippen MR) is 84.9 cm³/mol. The lowest BCUT2D eigenvalue weighted by molar-refractivity contribution is 0.402. The van der Waals surface area contributed by atoms with E-state index in [1.54, 1.807) is 7.11 Å². The summed E-state index contributed by atoms with van der Waals surface area (Å²) in [5.41, 5.74) is 3.64. The standard InChI is InChI=1S/C17H22N2O/c1-18(2)13-14-5-7-15(8-6-14)19(3)16-9-11-17(20-4)12-10-16/h5-12H,13H2,1-4H3. The van der Waals surface area contributed by atoms with Gasteiger partial charge in [0.05, 0.1) is 7.11 Å². The van der Waals surface area contributed by atoms with E-state index in [1.165, 1.54) is 11.3 Å². The van der Waals surface area contributed by atoms with Crippen molar-refractivity contribution in [3.8, 4) is 5.75 Å². The smallest absolute Gasteiger partial charge is 0.119 e. The van der Waals surface area contributed by atoms with Gasteiger partial charge in [0, 0.05) is 25.0 Å². The molecule has 0 atom stereocenters. The van der Waals surface area contributed by atoms with Gasteiger partial charge in [-0.05, 0) is 56.1 Å². The largest absolute Gasteiger partial charge is 0.497 e. The van der Waals surface area contributed by atoms with Crippen LogP contribution in [0.25, 0.3) is 0 Å². The van der Waals surface area contributed by atoms with Gasteiger partial charge in [-0.25, -0.2) is 0 Å². The number of anilines is 2. The van der Waals surface area contributed by atoms with E-state index >= 15 is 0 Å². The Morgan fingerprint density at radius 1 is 0.800 bits per heavy atom. The van der Waals surface area contributed by atoms with Crippen molar-refractivity contribution in [3.63, 3.8) is 0 Å². The van der Waals surface area contributed by atoms with Crippen LogP contribution in [0.15, 0.2) is 48.5 Å². The fraction of sp³-hybridized carbons (Fsp3) is 0.294. The van der Waals surface area contributed by atoms with Crippen LogP contribution in [0.5, 0.6) is 5.75 Å². The van der Waals surface area contributed by atoms with Crippen molar-refractivity contribution in [1.82, 2.24) is 4.90 Å². The fourth-order valence-corrected chi connectivity index (χ4v) is 2.15. The van der Waals surface area contributed by atoms with Gasteiger partial charge in [0.15, 0.2) is 0 Å². The molecule has 0 aliphatic heterocycles. The zero-order valence-corrected chi connectivity index (χ0v) is 12.6. The van der Waals surface area contributed by atoms with E-state index in [0.29, 0.717) is 0 Å².